The van der Waals surface area contributed by atoms with Gasteiger partial charge in [-0.3, -0.25) is 38.6 Å². The molecule has 23 heteroatoms. The van der Waals surface area contributed by atoms with Gasteiger partial charge in [0.2, 0.25) is 41.4 Å². The molecule has 0 aliphatic rings. The van der Waals surface area contributed by atoms with Gasteiger partial charge in [-0.1, -0.05) is 0 Å². The first-order valence-electron chi connectivity index (χ1n) is 18.8. The van der Waals surface area contributed by atoms with Crippen molar-refractivity contribution in [3.8, 4) is 0 Å². The molecule has 0 aromatic heterocycles. The third-order valence-corrected chi connectivity index (χ3v) is 8.54. The van der Waals surface area contributed by atoms with E-state index in [0.29, 0.717) is 55.8 Å². The van der Waals surface area contributed by atoms with Gasteiger partial charge in [0.25, 0.3) is 0 Å². The molecule has 7 amide bonds. The molecule has 22 nitrogen and oxygen atoms in total. The van der Waals surface area contributed by atoms with Crippen molar-refractivity contribution in [3.63, 3.8) is 0 Å². The van der Waals surface area contributed by atoms with Crippen molar-refractivity contribution in [2.24, 2.45) is 27.9 Å². The monoisotopic (exact) mass is 832 g/mol. The second-order valence-corrected chi connectivity index (χ2v) is 14.8. The summed E-state index contributed by atoms with van der Waals surface area (Å²) in [5, 5.41) is 27.1. The molecular formula is C34H66N13O9S+. The summed E-state index contributed by atoms with van der Waals surface area (Å²) in [5.74, 6) is -5.66. The van der Waals surface area contributed by atoms with Crippen molar-refractivity contribution in [3.05, 3.63) is 0 Å². The summed E-state index contributed by atoms with van der Waals surface area (Å²) in [4.78, 5) is 105. The number of nitrogens with one attached hydrogen (secondary N) is 7. The fourth-order valence-corrected chi connectivity index (χ4v) is 5.21. The van der Waals surface area contributed by atoms with Crippen molar-refractivity contribution in [2.75, 3.05) is 66.2 Å². The summed E-state index contributed by atoms with van der Waals surface area (Å²) in [6.45, 7) is 0.887. The number of carbonyl (C=O) groups excluding carboxylic acids is 8. The van der Waals surface area contributed by atoms with E-state index in [4.69, 9.17) is 22.9 Å². The number of hydrogen-bond acceptors (Lipinski definition) is 13. The second-order valence-electron chi connectivity index (χ2n) is 14.4. The number of hydrogen-bond donors (Lipinski definition) is 13. The Labute approximate surface area is 339 Å². The Bertz CT molecular complexity index is 1340. The highest BCUT2D eigenvalue weighted by atomic mass is 32.1. The fraction of sp³-hybridized carbons (Fsp3) is 0.735. The highest BCUT2D eigenvalue weighted by Crippen LogP contribution is 2.08. The molecule has 0 saturated heterocycles. The zero-order valence-electron chi connectivity index (χ0n) is 33.5. The molecule has 0 heterocycles. The van der Waals surface area contributed by atoms with Crippen LogP contribution in [0, 0.1) is 0 Å². The van der Waals surface area contributed by atoms with Crippen LogP contribution in [-0.4, -0.2) is 166 Å². The molecule has 0 spiro atoms. The summed E-state index contributed by atoms with van der Waals surface area (Å²) in [6, 6.07) is -6.88. The highest BCUT2D eigenvalue weighted by molar-refractivity contribution is 7.80. The first-order chi connectivity index (χ1) is 26.8. The third-order valence-electron chi connectivity index (χ3n) is 8.18. The molecule has 0 aliphatic carbocycles. The number of unbranched alkanes of at least 4 members (excludes halogenated alkanes) is 2. The van der Waals surface area contributed by atoms with Crippen LogP contribution in [0.15, 0.2) is 4.99 Å². The van der Waals surface area contributed by atoms with Gasteiger partial charge in [-0.25, -0.2) is 0 Å². The summed E-state index contributed by atoms with van der Waals surface area (Å²) in [7, 11) is 5.99. The predicted octanol–water partition coefficient (Wildman–Crippen LogP) is -5.83. The maximum atomic E-state index is 13.6. The molecule has 57 heavy (non-hydrogen) atoms. The van der Waals surface area contributed by atoms with Gasteiger partial charge in [0.15, 0.2) is 5.96 Å². The van der Waals surface area contributed by atoms with E-state index >= 15 is 0 Å². The van der Waals surface area contributed by atoms with E-state index in [0.717, 1.165) is 6.54 Å². The lowest BCUT2D eigenvalue weighted by Crippen LogP contribution is -2.60. The number of aldehydes is 1. The highest BCUT2D eigenvalue weighted by Gasteiger charge is 2.31. The van der Waals surface area contributed by atoms with E-state index < -0.39 is 97.3 Å². The number of aliphatic hydroxyl groups is 1. The zero-order chi connectivity index (χ0) is 43.6. The molecule has 0 unspecified atom stereocenters. The van der Waals surface area contributed by atoms with Gasteiger partial charge in [0.05, 0.1) is 59.5 Å². The summed E-state index contributed by atoms with van der Waals surface area (Å²) in [6.07, 6.45) is 3.98. The number of amides is 7. The maximum Gasteiger partial charge on any atom is 0.245 e. The Kier molecular flexibility index (Phi) is 26.4. The lowest BCUT2D eigenvalue weighted by Gasteiger charge is -2.27. The first-order valence-corrected chi connectivity index (χ1v) is 19.4. The van der Waals surface area contributed by atoms with E-state index in [9.17, 15) is 43.5 Å². The van der Waals surface area contributed by atoms with Crippen LogP contribution >= 0.6 is 12.6 Å². The van der Waals surface area contributed by atoms with Crippen molar-refractivity contribution in [1.82, 2.24) is 37.2 Å². The van der Waals surface area contributed by atoms with Crippen LogP contribution in [-0.2, 0) is 38.4 Å². The number of aliphatic imine (C=N–C) groups is 1. The van der Waals surface area contributed by atoms with Gasteiger partial charge in [-0.05, 0) is 64.8 Å². The number of quaternary nitrogens is 1. The summed E-state index contributed by atoms with van der Waals surface area (Å²) >= 11 is 4.09. The average Bonchev–Trinajstić information content (AvgIpc) is 3.14. The van der Waals surface area contributed by atoms with Crippen LogP contribution in [0.3, 0.4) is 0 Å². The van der Waals surface area contributed by atoms with Gasteiger partial charge in [0.1, 0.15) is 30.5 Å². The number of guanidine groups is 1. The molecule has 0 rings (SSSR count). The Balaban J connectivity index is 5.60. The molecule has 0 aromatic rings. The van der Waals surface area contributed by atoms with Crippen molar-refractivity contribution < 1.29 is 47.9 Å². The van der Waals surface area contributed by atoms with Gasteiger partial charge < -0.3 is 74.5 Å². The Hall–Kier alpha value is -4.58. The van der Waals surface area contributed by atoms with E-state index in [1.165, 1.54) is 6.92 Å². The molecule has 16 N–H and O–H groups in total. The normalized spacial score (nSPS) is 14.2. The number of nitrogens with zero attached hydrogens (tertiary/aromatic N) is 2. The number of carbonyl (C=O) groups is 8. The zero-order valence-corrected chi connectivity index (χ0v) is 34.4. The van der Waals surface area contributed by atoms with E-state index in [1.54, 1.807) is 0 Å². The SMILES string of the molecule is C[C@H](N)C(=O)N[C@@H](CCCN=C(N)N)C(=O)N[C@@H](CCCC[N+](C)(C)C)C(=O)N[C@@H](CO)C(=O)N[C@@H](CS)C(=O)NCC(=O)NCC(=O)N[C@H](C=O)CCCCN. The lowest BCUT2D eigenvalue weighted by molar-refractivity contribution is -0.870. The molecule has 0 radical (unpaired) electrons. The Morgan fingerprint density at radius 2 is 1.23 bits per heavy atom. The molecule has 326 valence electrons. The number of thiol groups is 1. The van der Waals surface area contributed by atoms with Crippen molar-refractivity contribution in [2.45, 2.75) is 94.5 Å². The van der Waals surface area contributed by atoms with E-state index in [-0.39, 0.29) is 31.1 Å². The third kappa shape index (κ3) is 24.6. The molecule has 0 saturated carbocycles. The van der Waals surface area contributed by atoms with E-state index in [2.05, 4.69) is 54.8 Å². The van der Waals surface area contributed by atoms with Crippen LogP contribution in [0.1, 0.15) is 58.3 Å². The number of rotatable bonds is 30. The smallest absolute Gasteiger partial charge is 0.245 e. The minimum atomic E-state index is -1.57. The molecule has 0 fully saturated rings. The van der Waals surface area contributed by atoms with Crippen molar-refractivity contribution >= 4 is 66.2 Å². The first kappa shape index (κ1) is 52.4. The number of aliphatic hydroxyl groups excluding tert-OH is 1. The van der Waals surface area contributed by atoms with Crippen LogP contribution in [0.25, 0.3) is 0 Å². The molecular weight excluding hydrogens is 767 g/mol. The van der Waals surface area contributed by atoms with Crippen LogP contribution < -0.4 is 60.2 Å². The lowest BCUT2D eigenvalue weighted by atomic mass is 10.0. The molecule has 0 aliphatic heterocycles. The molecule has 6 atom stereocenters. The van der Waals surface area contributed by atoms with Gasteiger partial charge in [-0.15, -0.1) is 0 Å². The quantitative estimate of drug-likeness (QED) is 0.00802. The summed E-state index contributed by atoms with van der Waals surface area (Å²) in [5.41, 5.74) is 21.9. The average molecular weight is 833 g/mol. The van der Waals surface area contributed by atoms with Gasteiger partial charge in [-0.2, -0.15) is 12.6 Å². The molecule has 0 bridgehead atoms. The van der Waals surface area contributed by atoms with Crippen LogP contribution in [0.4, 0.5) is 0 Å². The van der Waals surface area contributed by atoms with Crippen molar-refractivity contribution in [1.29, 1.82) is 0 Å². The second kappa shape index (κ2) is 28.8. The Morgan fingerprint density at radius 1 is 0.702 bits per heavy atom. The molecule has 0 aromatic carbocycles. The Morgan fingerprint density at radius 3 is 1.75 bits per heavy atom. The minimum absolute atomic E-state index is 0.0978. The standard InChI is InChI=1S/C34H65N13O9S/c1-21(36)29(52)43-24(12-9-14-39-34(37)38)31(54)44-23(11-6-8-15-47(2,3)4)32(55)45-25(19-49)33(56)46-26(20-57)30(53)41-16-27(50)40-17-28(51)42-22(18-48)10-5-7-13-35/h18,21-26,49H,5-17,19-20,35-36H2,1-4H3,(H11-,37,38,39,40,41,42,43,44,45,46,50,51,52,53,54,55,56,57)/p+1/t21-,22-,23-,24-,25-,26-/m0/s1. The van der Waals surface area contributed by atoms with Gasteiger partial charge in [0, 0.05) is 12.3 Å². The van der Waals surface area contributed by atoms with Crippen LogP contribution in [0.2, 0.25) is 0 Å². The predicted molar refractivity (Wildman–Crippen MR) is 216 cm³/mol. The largest absolute Gasteiger partial charge is 0.394 e. The topological polar surface area (TPSA) is 357 Å². The summed E-state index contributed by atoms with van der Waals surface area (Å²) < 4.78 is 0.651. The maximum absolute atomic E-state index is 13.6. The fourth-order valence-electron chi connectivity index (χ4n) is 4.96. The van der Waals surface area contributed by atoms with Crippen LogP contribution in [0.5, 0.6) is 0 Å². The van der Waals surface area contributed by atoms with Gasteiger partial charge >= 0.3 is 0 Å². The van der Waals surface area contributed by atoms with E-state index in [1.807, 2.05) is 21.1 Å². The minimum Gasteiger partial charge on any atom is -0.394 e. The number of nitrogens with two attached hydrogens (primary N) is 4.